The van der Waals surface area contributed by atoms with Crippen LogP contribution < -0.4 is 10.5 Å². The molecule has 0 aliphatic carbocycles. The Morgan fingerprint density at radius 2 is 2.15 bits per heavy atom. The number of nitrogens with zero attached hydrogens (tertiary/aromatic N) is 2. The van der Waals surface area contributed by atoms with E-state index in [2.05, 4.69) is 12.0 Å². The monoisotopic (exact) mass is 313 g/mol. The minimum absolute atomic E-state index is 0.440. The summed E-state index contributed by atoms with van der Waals surface area (Å²) in [4.78, 5) is 0. The molecule has 1 heterocycles. The molecule has 2 aromatic rings. The Labute approximate surface area is 128 Å². The van der Waals surface area contributed by atoms with Crippen LogP contribution in [-0.2, 0) is 6.54 Å². The van der Waals surface area contributed by atoms with E-state index in [1.165, 1.54) is 0 Å². The molecule has 0 saturated carbocycles. The summed E-state index contributed by atoms with van der Waals surface area (Å²) < 4.78 is 7.19. The zero-order valence-corrected chi connectivity index (χ0v) is 12.9. The van der Waals surface area contributed by atoms with E-state index in [1.54, 1.807) is 31.5 Å². The van der Waals surface area contributed by atoms with Gasteiger partial charge >= 0.3 is 0 Å². The van der Waals surface area contributed by atoms with Gasteiger partial charge in [0.1, 0.15) is 5.69 Å². The van der Waals surface area contributed by atoms with E-state index in [9.17, 15) is 0 Å². The molecule has 108 valence electrons. The molecule has 0 fully saturated rings. The van der Waals surface area contributed by atoms with Gasteiger partial charge in [-0.1, -0.05) is 30.1 Å². The lowest BCUT2D eigenvalue weighted by Crippen LogP contribution is -2.19. The minimum Gasteiger partial charge on any atom is -0.493 e. The molecule has 1 atom stereocenters. The minimum atomic E-state index is -0.440. The average Bonchev–Trinajstić information content (AvgIpc) is 2.84. The van der Waals surface area contributed by atoms with E-state index in [1.807, 2.05) is 4.68 Å². The highest BCUT2D eigenvalue weighted by Gasteiger charge is 2.22. The van der Waals surface area contributed by atoms with Gasteiger partial charge in [-0.25, -0.2) is 0 Å². The molecule has 0 amide bonds. The third-order valence-corrected chi connectivity index (χ3v) is 3.67. The molecule has 4 nitrogen and oxygen atoms in total. The van der Waals surface area contributed by atoms with Crippen molar-refractivity contribution in [3.05, 3.63) is 45.7 Å². The Balaban J connectivity index is 2.48. The number of hydrogen-bond donors (Lipinski definition) is 1. The number of nitrogens with two attached hydrogens (primary N) is 1. The summed E-state index contributed by atoms with van der Waals surface area (Å²) in [6.07, 6.45) is 2.62. The van der Waals surface area contributed by atoms with Crippen molar-refractivity contribution in [2.75, 3.05) is 7.11 Å². The second-order valence-corrected chi connectivity index (χ2v) is 5.31. The predicted molar refractivity (Wildman–Crippen MR) is 81.6 cm³/mol. The number of ether oxygens (including phenoxy) is 1. The van der Waals surface area contributed by atoms with Gasteiger partial charge in [0, 0.05) is 16.6 Å². The molecule has 0 spiro atoms. The zero-order chi connectivity index (χ0) is 14.7. The van der Waals surface area contributed by atoms with Crippen LogP contribution in [0.5, 0.6) is 5.75 Å². The highest BCUT2D eigenvalue weighted by molar-refractivity contribution is 6.33. The van der Waals surface area contributed by atoms with Crippen LogP contribution in [0.25, 0.3) is 0 Å². The van der Waals surface area contributed by atoms with E-state index < -0.39 is 6.04 Å². The Kier molecular flexibility index (Phi) is 4.91. The van der Waals surface area contributed by atoms with Crippen LogP contribution in [0, 0.1) is 0 Å². The highest BCUT2D eigenvalue weighted by Crippen LogP contribution is 2.33. The van der Waals surface area contributed by atoms with E-state index in [4.69, 9.17) is 33.7 Å². The van der Waals surface area contributed by atoms with Gasteiger partial charge in [-0.05, 0) is 30.2 Å². The fourth-order valence-electron chi connectivity index (χ4n) is 2.14. The molecule has 2 N–H and O–H groups in total. The summed E-state index contributed by atoms with van der Waals surface area (Å²) in [7, 11) is 1.60. The van der Waals surface area contributed by atoms with Crippen LogP contribution in [0.15, 0.2) is 24.4 Å². The Morgan fingerprint density at radius 3 is 2.80 bits per heavy atom. The SMILES string of the molecule is CCCn1ncc(OC)c1C(N)c1cc(Cl)ccc1Cl. The first-order chi connectivity index (χ1) is 9.58. The molecule has 1 unspecified atom stereocenters. The fraction of sp³-hybridized carbons (Fsp3) is 0.357. The molecule has 6 heteroatoms. The molecule has 0 radical (unpaired) electrons. The van der Waals surface area contributed by atoms with E-state index >= 15 is 0 Å². The molecular formula is C14H17Cl2N3O. The van der Waals surface area contributed by atoms with Gasteiger partial charge in [-0.15, -0.1) is 0 Å². The van der Waals surface area contributed by atoms with Crippen LogP contribution in [0.1, 0.15) is 30.6 Å². The molecule has 0 bridgehead atoms. The predicted octanol–water partition coefficient (Wildman–Crippen LogP) is 3.66. The second kappa shape index (κ2) is 6.48. The summed E-state index contributed by atoms with van der Waals surface area (Å²) in [6, 6.07) is 4.81. The van der Waals surface area contributed by atoms with Gasteiger partial charge in [-0.3, -0.25) is 4.68 Å². The van der Waals surface area contributed by atoms with E-state index in [0.29, 0.717) is 15.8 Å². The van der Waals surface area contributed by atoms with Crippen molar-refractivity contribution in [3.8, 4) is 5.75 Å². The molecule has 1 aromatic heterocycles. The van der Waals surface area contributed by atoms with Gasteiger partial charge in [0.05, 0.1) is 19.3 Å². The van der Waals surface area contributed by atoms with Gasteiger partial charge in [0.15, 0.2) is 5.75 Å². The number of aryl methyl sites for hydroxylation is 1. The maximum atomic E-state index is 6.35. The lowest BCUT2D eigenvalue weighted by atomic mass is 10.0. The zero-order valence-electron chi connectivity index (χ0n) is 11.4. The van der Waals surface area contributed by atoms with Gasteiger partial charge < -0.3 is 10.5 Å². The first kappa shape index (κ1) is 15.2. The van der Waals surface area contributed by atoms with Gasteiger partial charge in [-0.2, -0.15) is 5.10 Å². The molecule has 20 heavy (non-hydrogen) atoms. The summed E-state index contributed by atoms with van der Waals surface area (Å²) in [5.74, 6) is 0.655. The first-order valence-electron chi connectivity index (χ1n) is 6.38. The summed E-state index contributed by atoms with van der Waals surface area (Å²) in [6.45, 7) is 2.85. The maximum Gasteiger partial charge on any atom is 0.161 e. The molecule has 0 saturated heterocycles. The topological polar surface area (TPSA) is 53.1 Å². The lowest BCUT2D eigenvalue weighted by molar-refractivity contribution is 0.404. The number of aromatic nitrogens is 2. The quantitative estimate of drug-likeness (QED) is 0.916. The van der Waals surface area contributed by atoms with E-state index in [-0.39, 0.29) is 0 Å². The molecule has 2 rings (SSSR count). The normalized spacial score (nSPS) is 12.4. The molecular weight excluding hydrogens is 297 g/mol. The number of halogens is 2. The molecule has 0 aliphatic rings. The third kappa shape index (κ3) is 2.92. The van der Waals surface area contributed by atoms with Crippen LogP contribution >= 0.6 is 23.2 Å². The summed E-state index contributed by atoms with van der Waals surface area (Å²) in [5.41, 5.74) is 7.92. The Bertz CT molecular complexity index is 598. The first-order valence-corrected chi connectivity index (χ1v) is 7.14. The number of methoxy groups -OCH3 is 1. The largest absolute Gasteiger partial charge is 0.493 e. The van der Waals surface area contributed by atoms with Crippen molar-refractivity contribution in [2.45, 2.75) is 25.9 Å². The van der Waals surface area contributed by atoms with Crippen LogP contribution in [0.4, 0.5) is 0 Å². The molecule has 1 aromatic carbocycles. The average molecular weight is 314 g/mol. The number of rotatable bonds is 5. The smallest absolute Gasteiger partial charge is 0.161 e. The standard InChI is InChI=1S/C14H17Cl2N3O/c1-3-6-19-14(12(20-2)8-18-19)13(17)10-7-9(15)4-5-11(10)16/h4-5,7-8,13H,3,6,17H2,1-2H3. The highest BCUT2D eigenvalue weighted by atomic mass is 35.5. The third-order valence-electron chi connectivity index (χ3n) is 3.09. The number of hydrogen-bond acceptors (Lipinski definition) is 3. The van der Waals surface area contributed by atoms with Crippen molar-refractivity contribution in [3.63, 3.8) is 0 Å². The molecule has 0 aliphatic heterocycles. The fourth-order valence-corrected chi connectivity index (χ4v) is 2.55. The lowest BCUT2D eigenvalue weighted by Gasteiger charge is -2.17. The second-order valence-electron chi connectivity index (χ2n) is 4.46. The van der Waals surface area contributed by atoms with Crippen molar-refractivity contribution in [2.24, 2.45) is 5.73 Å². The van der Waals surface area contributed by atoms with Crippen molar-refractivity contribution < 1.29 is 4.74 Å². The van der Waals surface area contributed by atoms with Crippen LogP contribution in [0.2, 0.25) is 10.0 Å². The van der Waals surface area contributed by atoms with Crippen molar-refractivity contribution >= 4 is 23.2 Å². The number of benzene rings is 1. The Morgan fingerprint density at radius 1 is 1.40 bits per heavy atom. The van der Waals surface area contributed by atoms with Crippen LogP contribution in [-0.4, -0.2) is 16.9 Å². The van der Waals surface area contributed by atoms with Gasteiger partial charge in [0.2, 0.25) is 0 Å². The van der Waals surface area contributed by atoms with Crippen molar-refractivity contribution in [1.29, 1.82) is 0 Å². The van der Waals surface area contributed by atoms with Gasteiger partial charge in [0.25, 0.3) is 0 Å². The Hall–Kier alpha value is -1.23. The summed E-state index contributed by atoms with van der Waals surface area (Å²) >= 11 is 12.3. The maximum absolute atomic E-state index is 6.35. The van der Waals surface area contributed by atoms with Crippen molar-refractivity contribution in [1.82, 2.24) is 9.78 Å². The van der Waals surface area contributed by atoms with E-state index in [0.717, 1.165) is 24.2 Å². The summed E-state index contributed by atoms with van der Waals surface area (Å²) in [5, 5.41) is 5.49. The van der Waals surface area contributed by atoms with Crippen LogP contribution in [0.3, 0.4) is 0 Å².